The Bertz CT molecular complexity index is 930. The maximum absolute atomic E-state index is 11.9. The molecular formula is C18H14Cl2N4O2. The van der Waals surface area contributed by atoms with Crippen molar-refractivity contribution in [2.24, 2.45) is 0 Å². The van der Waals surface area contributed by atoms with Crippen molar-refractivity contribution >= 4 is 52.3 Å². The zero-order chi connectivity index (χ0) is 18.5. The van der Waals surface area contributed by atoms with Crippen molar-refractivity contribution in [3.8, 4) is 0 Å². The number of hydrogen-bond acceptors (Lipinski definition) is 6. The van der Waals surface area contributed by atoms with Crippen LogP contribution in [0.1, 0.15) is 10.4 Å². The van der Waals surface area contributed by atoms with Crippen molar-refractivity contribution in [1.82, 2.24) is 9.97 Å². The molecule has 0 radical (unpaired) electrons. The van der Waals surface area contributed by atoms with Gasteiger partial charge >= 0.3 is 5.97 Å². The summed E-state index contributed by atoms with van der Waals surface area (Å²) in [5, 5.41) is 7.03. The average Bonchev–Trinajstić information content (AvgIpc) is 2.65. The van der Waals surface area contributed by atoms with Crippen molar-refractivity contribution in [2.45, 2.75) is 0 Å². The number of rotatable bonds is 5. The largest absolute Gasteiger partial charge is 0.465 e. The van der Waals surface area contributed by atoms with Gasteiger partial charge in [-0.25, -0.2) is 9.78 Å². The topological polar surface area (TPSA) is 76.1 Å². The zero-order valence-corrected chi connectivity index (χ0v) is 15.2. The first-order chi connectivity index (χ1) is 12.6. The smallest absolute Gasteiger partial charge is 0.339 e. The molecule has 1 aromatic heterocycles. The predicted molar refractivity (Wildman–Crippen MR) is 103 cm³/mol. The van der Waals surface area contributed by atoms with E-state index in [-0.39, 0.29) is 0 Å². The third-order valence-corrected chi connectivity index (χ3v) is 4.08. The fraction of sp³-hybridized carbons (Fsp3) is 0.0556. The first-order valence-corrected chi connectivity index (χ1v) is 8.32. The molecule has 0 aliphatic heterocycles. The molecule has 0 fully saturated rings. The molecule has 0 aliphatic rings. The van der Waals surface area contributed by atoms with Gasteiger partial charge in [-0.15, -0.1) is 0 Å². The van der Waals surface area contributed by atoms with Crippen LogP contribution in [0, 0.1) is 0 Å². The highest BCUT2D eigenvalue weighted by Gasteiger charge is 2.12. The number of halogens is 2. The van der Waals surface area contributed by atoms with Gasteiger partial charge in [0.05, 0.1) is 34.1 Å². The van der Waals surface area contributed by atoms with E-state index in [1.165, 1.54) is 7.11 Å². The molecule has 26 heavy (non-hydrogen) atoms. The summed E-state index contributed by atoms with van der Waals surface area (Å²) in [7, 11) is 1.33. The minimum atomic E-state index is -0.453. The lowest BCUT2D eigenvalue weighted by Gasteiger charge is -2.12. The van der Waals surface area contributed by atoms with E-state index >= 15 is 0 Å². The van der Waals surface area contributed by atoms with Gasteiger partial charge < -0.3 is 15.4 Å². The lowest BCUT2D eigenvalue weighted by molar-refractivity contribution is 0.0602. The number of ether oxygens (including phenoxy) is 1. The van der Waals surface area contributed by atoms with E-state index in [0.29, 0.717) is 38.7 Å². The van der Waals surface area contributed by atoms with Gasteiger partial charge in [-0.2, -0.15) is 4.98 Å². The molecule has 0 bridgehead atoms. The number of carbonyl (C=O) groups is 1. The van der Waals surface area contributed by atoms with Gasteiger partial charge in [0.1, 0.15) is 5.82 Å². The second-order valence-corrected chi connectivity index (χ2v) is 5.96. The fourth-order valence-corrected chi connectivity index (χ4v) is 2.73. The Hall–Kier alpha value is -2.83. The molecule has 3 aromatic rings. The monoisotopic (exact) mass is 388 g/mol. The van der Waals surface area contributed by atoms with E-state index in [1.807, 2.05) is 0 Å². The normalized spacial score (nSPS) is 10.3. The van der Waals surface area contributed by atoms with Crippen LogP contribution in [-0.2, 0) is 4.74 Å². The SMILES string of the molecule is COC(=O)c1ccccc1Nc1nccc(Nc2c(Cl)cccc2Cl)n1. The van der Waals surface area contributed by atoms with Crippen LogP contribution in [0.5, 0.6) is 0 Å². The van der Waals surface area contributed by atoms with E-state index in [0.717, 1.165) is 0 Å². The summed E-state index contributed by atoms with van der Waals surface area (Å²) >= 11 is 12.3. The molecule has 3 rings (SSSR count). The summed E-state index contributed by atoms with van der Waals surface area (Å²) in [5.74, 6) is 0.341. The van der Waals surface area contributed by atoms with Gasteiger partial charge in [-0.1, -0.05) is 41.4 Å². The van der Waals surface area contributed by atoms with Gasteiger partial charge in [0.15, 0.2) is 0 Å². The number of esters is 1. The lowest BCUT2D eigenvalue weighted by atomic mass is 10.2. The van der Waals surface area contributed by atoms with Gasteiger partial charge in [-0.05, 0) is 30.3 Å². The molecule has 2 N–H and O–H groups in total. The third-order valence-electron chi connectivity index (χ3n) is 3.45. The number of anilines is 4. The molecule has 0 aliphatic carbocycles. The maximum Gasteiger partial charge on any atom is 0.339 e. The van der Waals surface area contributed by atoms with Crippen LogP contribution in [0.4, 0.5) is 23.1 Å². The molecule has 0 spiro atoms. The summed E-state index contributed by atoms with van der Waals surface area (Å²) in [5.41, 5.74) is 1.47. The van der Waals surface area contributed by atoms with Gasteiger partial charge in [0.25, 0.3) is 0 Å². The Balaban J connectivity index is 1.86. The fourth-order valence-electron chi connectivity index (χ4n) is 2.23. The summed E-state index contributed by atoms with van der Waals surface area (Å²) in [6.45, 7) is 0. The van der Waals surface area contributed by atoms with E-state index in [9.17, 15) is 4.79 Å². The van der Waals surface area contributed by atoms with Crippen LogP contribution in [0.15, 0.2) is 54.7 Å². The van der Waals surface area contributed by atoms with E-state index < -0.39 is 5.97 Å². The van der Waals surface area contributed by atoms with E-state index in [1.54, 1.807) is 54.7 Å². The van der Waals surface area contributed by atoms with Crippen molar-refractivity contribution < 1.29 is 9.53 Å². The molecule has 2 aromatic carbocycles. The Morgan fingerprint density at radius 1 is 1.00 bits per heavy atom. The van der Waals surface area contributed by atoms with Crippen LogP contribution in [0.2, 0.25) is 10.0 Å². The second-order valence-electron chi connectivity index (χ2n) is 5.15. The summed E-state index contributed by atoms with van der Waals surface area (Å²) < 4.78 is 4.78. The molecule has 1 heterocycles. The minimum absolute atomic E-state index is 0.300. The molecule has 8 heteroatoms. The van der Waals surface area contributed by atoms with Crippen molar-refractivity contribution in [3.05, 3.63) is 70.3 Å². The minimum Gasteiger partial charge on any atom is -0.465 e. The van der Waals surface area contributed by atoms with E-state index in [2.05, 4.69) is 20.6 Å². The van der Waals surface area contributed by atoms with Crippen LogP contribution < -0.4 is 10.6 Å². The summed E-state index contributed by atoms with van der Waals surface area (Å²) in [6.07, 6.45) is 1.57. The molecule has 0 atom stereocenters. The first kappa shape index (κ1) is 18.0. The van der Waals surface area contributed by atoms with Gasteiger partial charge in [0, 0.05) is 6.20 Å². The first-order valence-electron chi connectivity index (χ1n) is 7.57. The Morgan fingerprint density at radius 3 is 2.46 bits per heavy atom. The van der Waals surface area contributed by atoms with Crippen LogP contribution in [0.3, 0.4) is 0 Å². The second kappa shape index (κ2) is 8.03. The van der Waals surface area contributed by atoms with Crippen LogP contribution >= 0.6 is 23.2 Å². The molecule has 0 amide bonds. The molecule has 0 saturated carbocycles. The number of aromatic nitrogens is 2. The Labute approximate surface area is 160 Å². The highest BCUT2D eigenvalue weighted by atomic mass is 35.5. The quantitative estimate of drug-likeness (QED) is 0.595. The van der Waals surface area contributed by atoms with Crippen LogP contribution in [-0.4, -0.2) is 23.0 Å². The lowest BCUT2D eigenvalue weighted by Crippen LogP contribution is -2.07. The number of nitrogens with one attached hydrogen (secondary N) is 2. The van der Waals surface area contributed by atoms with Crippen molar-refractivity contribution in [1.29, 1.82) is 0 Å². The molecule has 6 nitrogen and oxygen atoms in total. The number of carbonyl (C=O) groups excluding carboxylic acids is 1. The predicted octanol–water partition coefficient (Wildman–Crippen LogP) is 5.06. The molecule has 0 unspecified atom stereocenters. The highest BCUT2D eigenvalue weighted by molar-refractivity contribution is 6.39. The Kier molecular flexibility index (Phi) is 5.55. The zero-order valence-electron chi connectivity index (χ0n) is 13.7. The van der Waals surface area contributed by atoms with Crippen molar-refractivity contribution in [2.75, 3.05) is 17.7 Å². The van der Waals surface area contributed by atoms with Crippen molar-refractivity contribution in [3.63, 3.8) is 0 Å². The standard InChI is InChI=1S/C18H14Cl2N4O2/c1-26-17(25)11-5-2-3-8-14(11)22-18-21-10-9-15(24-18)23-16-12(19)6-4-7-13(16)20/h2-10H,1H3,(H2,21,22,23,24). The number of hydrogen-bond donors (Lipinski definition) is 2. The molecule has 0 saturated heterocycles. The maximum atomic E-state index is 11.9. The molecule has 132 valence electrons. The number of para-hydroxylation sites is 2. The third kappa shape index (κ3) is 4.04. The van der Waals surface area contributed by atoms with Gasteiger partial charge in [-0.3, -0.25) is 0 Å². The number of methoxy groups -OCH3 is 1. The average molecular weight is 389 g/mol. The summed E-state index contributed by atoms with van der Waals surface area (Å²) in [4.78, 5) is 20.4. The number of nitrogens with zero attached hydrogens (tertiary/aromatic N) is 2. The number of benzene rings is 2. The van der Waals surface area contributed by atoms with E-state index in [4.69, 9.17) is 27.9 Å². The summed E-state index contributed by atoms with van der Waals surface area (Å²) in [6, 6.07) is 13.8. The Morgan fingerprint density at radius 2 is 1.73 bits per heavy atom. The highest BCUT2D eigenvalue weighted by Crippen LogP contribution is 2.32. The van der Waals surface area contributed by atoms with Crippen LogP contribution in [0.25, 0.3) is 0 Å². The van der Waals surface area contributed by atoms with Gasteiger partial charge in [0.2, 0.25) is 5.95 Å². The molecular weight excluding hydrogens is 375 g/mol.